The molecule has 2 aromatic carbocycles. The second-order valence-electron chi connectivity index (χ2n) is 7.49. The Morgan fingerprint density at radius 1 is 1.24 bits per heavy atom. The highest BCUT2D eigenvalue weighted by Crippen LogP contribution is 2.25. The lowest BCUT2D eigenvalue weighted by Gasteiger charge is -2.09. The van der Waals surface area contributed by atoms with Crippen LogP contribution in [0.3, 0.4) is 0 Å². The van der Waals surface area contributed by atoms with Gasteiger partial charge in [-0.25, -0.2) is 0 Å². The molecular weight excluding hydrogens is 454 g/mol. The number of carbonyl (C=O) groups excluding carboxylic acids is 1. The third kappa shape index (κ3) is 5.46. The zero-order chi connectivity index (χ0) is 23.2. The number of nitrogens with zero attached hydrogens (tertiary/aromatic N) is 2. The molecule has 0 aliphatic carbocycles. The van der Waals surface area contributed by atoms with Gasteiger partial charge in [0.25, 0.3) is 5.91 Å². The number of carbonyl (C=O) groups is 1. The Morgan fingerprint density at radius 3 is 2.85 bits per heavy atom. The van der Waals surface area contributed by atoms with Crippen molar-refractivity contribution in [2.45, 2.75) is 20.0 Å². The molecule has 0 bridgehead atoms. The van der Waals surface area contributed by atoms with Gasteiger partial charge in [0.15, 0.2) is 0 Å². The van der Waals surface area contributed by atoms with Gasteiger partial charge in [0.1, 0.15) is 24.0 Å². The van der Waals surface area contributed by atoms with Gasteiger partial charge in [-0.1, -0.05) is 35.9 Å². The van der Waals surface area contributed by atoms with Crippen molar-refractivity contribution >= 4 is 45.8 Å². The van der Waals surface area contributed by atoms with Gasteiger partial charge in [0.05, 0.1) is 13.1 Å². The highest BCUT2D eigenvalue weighted by molar-refractivity contribution is 7.09. The van der Waals surface area contributed by atoms with Gasteiger partial charge in [-0.2, -0.15) is 5.26 Å². The third-order valence-electron chi connectivity index (χ3n) is 5.22. The predicted molar refractivity (Wildman–Crippen MR) is 133 cm³/mol. The molecule has 0 aliphatic rings. The molecule has 166 valence electrons. The predicted octanol–water partition coefficient (Wildman–Crippen LogP) is 5.97. The average molecular weight is 476 g/mol. The summed E-state index contributed by atoms with van der Waals surface area (Å²) in [5, 5.41) is 16.0. The summed E-state index contributed by atoms with van der Waals surface area (Å²) >= 11 is 7.65. The van der Waals surface area contributed by atoms with Crippen LogP contribution in [0.1, 0.15) is 16.0 Å². The molecule has 4 rings (SSSR count). The van der Waals surface area contributed by atoms with Crippen molar-refractivity contribution in [1.29, 1.82) is 5.26 Å². The summed E-state index contributed by atoms with van der Waals surface area (Å²) < 4.78 is 7.97. The van der Waals surface area contributed by atoms with E-state index in [1.54, 1.807) is 17.4 Å². The van der Waals surface area contributed by atoms with Crippen molar-refractivity contribution in [2.75, 3.05) is 6.61 Å². The maximum atomic E-state index is 12.6. The van der Waals surface area contributed by atoms with E-state index < -0.39 is 0 Å². The molecule has 4 aromatic rings. The minimum absolute atomic E-state index is 0.0716. The Balaban J connectivity index is 1.51. The van der Waals surface area contributed by atoms with E-state index in [0.29, 0.717) is 24.7 Å². The van der Waals surface area contributed by atoms with Crippen LogP contribution in [-0.2, 0) is 17.9 Å². The van der Waals surface area contributed by atoms with Crippen LogP contribution in [0, 0.1) is 18.3 Å². The van der Waals surface area contributed by atoms with E-state index in [-0.39, 0.29) is 11.5 Å². The quantitative estimate of drug-likeness (QED) is 0.252. The molecule has 0 atom stereocenters. The third-order valence-corrected chi connectivity index (χ3v) is 6.52. The number of halogens is 1. The molecule has 0 aliphatic heterocycles. The zero-order valence-electron chi connectivity index (χ0n) is 18.0. The summed E-state index contributed by atoms with van der Waals surface area (Å²) in [5.74, 6) is 0.381. The van der Waals surface area contributed by atoms with E-state index in [0.717, 1.165) is 32.7 Å². The second kappa shape index (κ2) is 10.4. The summed E-state index contributed by atoms with van der Waals surface area (Å²) in [6, 6.07) is 19.4. The number of nitriles is 1. The Morgan fingerprint density at radius 2 is 2.09 bits per heavy atom. The molecule has 0 unspecified atom stereocenters. The number of hydrogen-bond donors (Lipinski definition) is 1. The highest BCUT2D eigenvalue weighted by atomic mass is 35.5. The van der Waals surface area contributed by atoms with Crippen LogP contribution in [0.2, 0.25) is 5.02 Å². The van der Waals surface area contributed by atoms with Crippen LogP contribution in [0.5, 0.6) is 5.75 Å². The molecule has 1 amide bonds. The van der Waals surface area contributed by atoms with Gasteiger partial charge in [-0.3, -0.25) is 4.79 Å². The monoisotopic (exact) mass is 475 g/mol. The van der Waals surface area contributed by atoms with Crippen molar-refractivity contribution in [3.63, 3.8) is 0 Å². The molecule has 5 nitrogen and oxygen atoms in total. The topological polar surface area (TPSA) is 67.0 Å². The summed E-state index contributed by atoms with van der Waals surface area (Å²) in [4.78, 5) is 13.6. The fraction of sp³-hybridized carbons (Fsp3) is 0.154. The number of para-hydroxylation sites is 1. The molecule has 33 heavy (non-hydrogen) atoms. The van der Waals surface area contributed by atoms with E-state index in [2.05, 4.69) is 9.88 Å². The number of nitrogens with one attached hydrogen (secondary N) is 1. The van der Waals surface area contributed by atoms with Crippen LogP contribution in [0.4, 0.5) is 0 Å². The molecule has 2 aromatic heterocycles. The molecule has 7 heteroatoms. The van der Waals surface area contributed by atoms with Gasteiger partial charge in [0.2, 0.25) is 0 Å². The van der Waals surface area contributed by atoms with E-state index in [1.165, 1.54) is 0 Å². The summed E-state index contributed by atoms with van der Waals surface area (Å²) in [6.07, 6.45) is 3.59. The number of benzene rings is 2. The molecule has 0 saturated carbocycles. The molecule has 2 heterocycles. The first kappa shape index (κ1) is 22.7. The number of fused-ring (bicyclic) bond motifs is 1. The normalized spacial score (nSPS) is 11.4. The lowest BCUT2D eigenvalue weighted by molar-refractivity contribution is -0.117. The number of amides is 1. The fourth-order valence-corrected chi connectivity index (χ4v) is 4.29. The summed E-state index contributed by atoms with van der Waals surface area (Å²) in [6.45, 7) is 3.42. The van der Waals surface area contributed by atoms with Crippen molar-refractivity contribution in [3.8, 4) is 11.8 Å². The van der Waals surface area contributed by atoms with Crippen LogP contribution >= 0.6 is 22.9 Å². The van der Waals surface area contributed by atoms with Crippen molar-refractivity contribution in [1.82, 2.24) is 9.88 Å². The van der Waals surface area contributed by atoms with Gasteiger partial charge >= 0.3 is 0 Å². The SMILES string of the molecule is Cc1cc(OCCn2cc(C=C(C#N)C(=O)NCc3cccs3)c3ccccc32)ccc1Cl. The second-order valence-corrected chi connectivity index (χ2v) is 8.93. The number of ether oxygens (including phenoxy) is 1. The Bertz CT molecular complexity index is 1350. The zero-order valence-corrected chi connectivity index (χ0v) is 19.6. The maximum absolute atomic E-state index is 12.6. The summed E-state index contributed by atoms with van der Waals surface area (Å²) in [5.41, 5.74) is 2.86. The molecule has 0 radical (unpaired) electrons. The highest BCUT2D eigenvalue weighted by Gasteiger charge is 2.13. The van der Waals surface area contributed by atoms with Crippen molar-refractivity contribution in [2.24, 2.45) is 0 Å². The van der Waals surface area contributed by atoms with Gasteiger partial charge in [0, 0.05) is 32.6 Å². The van der Waals surface area contributed by atoms with Gasteiger partial charge in [-0.15, -0.1) is 11.3 Å². The van der Waals surface area contributed by atoms with E-state index in [4.69, 9.17) is 16.3 Å². The average Bonchev–Trinajstić information content (AvgIpc) is 3.47. The number of thiophene rings is 1. The summed E-state index contributed by atoms with van der Waals surface area (Å²) in [7, 11) is 0. The maximum Gasteiger partial charge on any atom is 0.262 e. The van der Waals surface area contributed by atoms with Crippen LogP contribution < -0.4 is 10.1 Å². The minimum Gasteiger partial charge on any atom is -0.492 e. The molecule has 0 saturated heterocycles. The van der Waals surface area contributed by atoms with Gasteiger partial charge in [-0.05, 0) is 54.3 Å². The molecule has 1 N–H and O–H groups in total. The standard InChI is InChI=1S/C26H22ClN3O2S/c1-18-13-21(8-9-24(18)27)32-11-10-30-17-20(23-6-2-3-7-25(23)30)14-19(15-28)26(31)29-16-22-5-4-12-33-22/h2-9,12-14,17H,10-11,16H2,1H3,(H,29,31). The lowest BCUT2D eigenvalue weighted by atomic mass is 10.1. The number of aryl methyl sites for hydroxylation is 1. The first-order valence-electron chi connectivity index (χ1n) is 10.4. The number of rotatable bonds is 8. The number of hydrogen-bond acceptors (Lipinski definition) is 4. The molecular formula is C26H22ClN3O2S. The van der Waals surface area contributed by atoms with Crippen molar-refractivity contribution < 1.29 is 9.53 Å². The van der Waals surface area contributed by atoms with Crippen LogP contribution in [0.15, 0.2) is 71.7 Å². The van der Waals surface area contributed by atoms with Crippen molar-refractivity contribution in [3.05, 3.63) is 92.8 Å². The number of aromatic nitrogens is 1. The first-order valence-corrected chi connectivity index (χ1v) is 11.7. The van der Waals surface area contributed by atoms with E-state index in [1.807, 2.05) is 79.2 Å². The van der Waals surface area contributed by atoms with Crippen LogP contribution in [-0.4, -0.2) is 17.1 Å². The minimum atomic E-state index is -0.385. The largest absolute Gasteiger partial charge is 0.492 e. The Kier molecular flexibility index (Phi) is 7.13. The molecule has 0 fully saturated rings. The fourth-order valence-electron chi connectivity index (χ4n) is 3.52. The van der Waals surface area contributed by atoms with Crippen LogP contribution in [0.25, 0.3) is 17.0 Å². The Hall–Kier alpha value is -3.53. The Labute approximate surface area is 201 Å². The lowest BCUT2D eigenvalue weighted by Crippen LogP contribution is -2.23. The first-order chi connectivity index (χ1) is 16.0. The molecule has 0 spiro atoms. The van der Waals surface area contributed by atoms with E-state index >= 15 is 0 Å². The van der Waals surface area contributed by atoms with Gasteiger partial charge < -0.3 is 14.6 Å². The van der Waals surface area contributed by atoms with E-state index in [9.17, 15) is 10.1 Å². The smallest absolute Gasteiger partial charge is 0.262 e.